The summed E-state index contributed by atoms with van der Waals surface area (Å²) in [4.78, 5) is 12.2. The molecule has 0 saturated heterocycles. The molecule has 0 heterocycles. The van der Waals surface area contributed by atoms with Gasteiger partial charge in [0.15, 0.2) is 17.3 Å². The molecule has 0 aliphatic heterocycles. The van der Waals surface area contributed by atoms with Crippen LogP contribution in [-0.4, -0.2) is 34.8 Å². The molecule has 1 amide bonds. The lowest BCUT2D eigenvalue weighted by atomic mass is 9.83. The van der Waals surface area contributed by atoms with Gasteiger partial charge in [0, 0.05) is 5.56 Å². The SMILES string of the molecule is COc1c(Cl)c(C2CCCCC2)c(OC)c(F)c1C(=O)NS(C)(=O)=O. The highest BCUT2D eigenvalue weighted by atomic mass is 35.5. The Morgan fingerprint density at radius 3 is 2.20 bits per heavy atom. The Morgan fingerprint density at radius 2 is 1.72 bits per heavy atom. The molecule has 1 aliphatic carbocycles. The molecule has 1 fully saturated rings. The number of rotatable bonds is 5. The standard InChI is InChI=1S/C16H21ClFNO5S/c1-23-14-11(16(20)19-25(3,21)22)13(18)15(24-2)10(12(14)17)9-7-5-4-6-8-9/h9H,4-8H2,1-3H3,(H,19,20). The van der Waals surface area contributed by atoms with E-state index < -0.39 is 27.3 Å². The van der Waals surface area contributed by atoms with Gasteiger partial charge in [0.25, 0.3) is 5.91 Å². The van der Waals surface area contributed by atoms with Crippen molar-refractivity contribution in [2.75, 3.05) is 20.5 Å². The van der Waals surface area contributed by atoms with Crippen LogP contribution >= 0.6 is 11.6 Å². The highest BCUT2D eigenvalue weighted by Gasteiger charge is 2.33. The van der Waals surface area contributed by atoms with E-state index in [-0.39, 0.29) is 22.4 Å². The number of benzene rings is 1. The average Bonchev–Trinajstić information content (AvgIpc) is 2.54. The van der Waals surface area contributed by atoms with Gasteiger partial charge in [-0.05, 0) is 18.8 Å². The highest BCUT2D eigenvalue weighted by Crippen LogP contribution is 2.48. The first-order valence-electron chi connectivity index (χ1n) is 7.86. The smallest absolute Gasteiger partial charge is 0.271 e. The van der Waals surface area contributed by atoms with E-state index in [4.69, 9.17) is 21.1 Å². The Labute approximate surface area is 151 Å². The molecule has 25 heavy (non-hydrogen) atoms. The summed E-state index contributed by atoms with van der Waals surface area (Å²) in [5.41, 5.74) is -0.122. The molecule has 6 nitrogen and oxygen atoms in total. The van der Waals surface area contributed by atoms with Gasteiger partial charge in [-0.15, -0.1) is 0 Å². The van der Waals surface area contributed by atoms with Gasteiger partial charge in [-0.25, -0.2) is 17.5 Å². The molecule has 1 aromatic carbocycles. The van der Waals surface area contributed by atoms with Crippen molar-refractivity contribution >= 4 is 27.5 Å². The Morgan fingerprint density at radius 1 is 1.16 bits per heavy atom. The number of methoxy groups -OCH3 is 2. The molecule has 0 radical (unpaired) electrons. The van der Waals surface area contributed by atoms with Crippen LogP contribution in [0.3, 0.4) is 0 Å². The van der Waals surface area contributed by atoms with Crippen molar-refractivity contribution in [1.29, 1.82) is 0 Å². The highest BCUT2D eigenvalue weighted by molar-refractivity contribution is 7.89. The van der Waals surface area contributed by atoms with Crippen molar-refractivity contribution in [2.45, 2.75) is 38.0 Å². The number of halogens is 2. The van der Waals surface area contributed by atoms with Gasteiger partial charge in [0.05, 0.1) is 25.5 Å². The minimum atomic E-state index is -3.88. The van der Waals surface area contributed by atoms with Gasteiger partial charge < -0.3 is 9.47 Å². The molecular formula is C16H21ClFNO5S. The van der Waals surface area contributed by atoms with Crippen molar-refractivity contribution < 1.29 is 27.1 Å². The summed E-state index contributed by atoms with van der Waals surface area (Å²) in [6.45, 7) is 0. The zero-order valence-electron chi connectivity index (χ0n) is 14.3. The lowest BCUT2D eigenvalue weighted by Gasteiger charge is -2.27. The van der Waals surface area contributed by atoms with Crippen LogP contribution in [0.5, 0.6) is 11.5 Å². The molecule has 0 spiro atoms. The largest absolute Gasteiger partial charge is 0.494 e. The molecule has 0 atom stereocenters. The lowest BCUT2D eigenvalue weighted by Crippen LogP contribution is -2.30. The van der Waals surface area contributed by atoms with Crippen LogP contribution in [0.2, 0.25) is 5.02 Å². The van der Waals surface area contributed by atoms with Crippen molar-refractivity contribution in [3.05, 3.63) is 22.0 Å². The Balaban J connectivity index is 2.66. The summed E-state index contributed by atoms with van der Waals surface area (Å²) < 4.78 is 49.7. The Hall–Kier alpha value is -1.54. The fourth-order valence-electron chi connectivity index (χ4n) is 3.23. The summed E-state index contributed by atoms with van der Waals surface area (Å²) in [5, 5.41) is 0.0753. The number of sulfonamides is 1. The van der Waals surface area contributed by atoms with Crippen LogP contribution in [-0.2, 0) is 10.0 Å². The molecule has 140 valence electrons. The van der Waals surface area contributed by atoms with E-state index in [1.807, 2.05) is 0 Å². The van der Waals surface area contributed by atoms with Crippen LogP contribution < -0.4 is 14.2 Å². The number of ether oxygens (including phenoxy) is 2. The summed E-state index contributed by atoms with van der Waals surface area (Å²) in [7, 11) is -1.35. The van der Waals surface area contributed by atoms with E-state index in [2.05, 4.69) is 0 Å². The third-order valence-electron chi connectivity index (χ3n) is 4.25. The average molecular weight is 394 g/mol. The normalized spacial score (nSPS) is 15.7. The van der Waals surface area contributed by atoms with E-state index in [9.17, 15) is 13.2 Å². The fourth-order valence-corrected chi connectivity index (χ4v) is 4.08. The molecule has 0 unspecified atom stereocenters. The van der Waals surface area contributed by atoms with Crippen LogP contribution in [0.15, 0.2) is 0 Å². The molecule has 2 rings (SSSR count). The molecular weight excluding hydrogens is 373 g/mol. The molecule has 0 bridgehead atoms. The van der Waals surface area contributed by atoms with Gasteiger partial charge in [-0.2, -0.15) is 0 Å². The third kappa shape index (κ3) is 4.17. The minimum absolute atomic E-state index is 0.00776. The monoisotopic (exact) mass is 393 g/mol. The summed E-state index contributed by atoms with van der Waals surface area (Å²) in [5.74, 6) is -2.48. The van der Waals surface area contributed by atoms with E-state index in [1.165, 1.54) is 14.2 Å². The zero-order chi connectivity index (χ0) is 18.8. The number of carbonyl (C=O) groups is 1. The van der Waals surface area contributed by atoms with Gasteiger partial charge in [-0.1, -0.05) is 30.9 Å². The quantitative estimate of drug-likeness (QED) is 0.830. The van der Waals surface area contributed by atoms with E-state index in [1.54, 1.807) is 4.72 Å². The topological polar surface area (TPSA) is 81.7 Å². The van der Waals surface area contributed by atoms with Gasteiger partial charge in [-0.3, -0.25) is 4.79 Å². The maximum atomic E-state index is 15.0. The second-order valence-corrected chi connectivity index (χ2v) is 8.15. The van der Waals surface area contributed by atoms with Crippen molar-refractivity contribution in [3.8, 4) is 11.5 Å². The van der Waals surface area contributed by atoms with Crippen LogP contribution in [0.25, 0.3) is 0 Å². The zero-order valence-corrected chi connectivity index (χ0v) is 15.9. The lowest BCUT2D eigenvalue weighted by molar-refractivity contribution is 0.0973. The number of hydrogen-bond donors (Lipinski definition) is 1. The van der Waals surface area contributed by atoms with E-state index >= 15 is 4.39 Å². The molecule has 0 aromatic heterocycles. The third-order valence-corrected chi connectivity index (χ3v) is 5.18. The molecule has 1 N–H and O–H groups in total. The predicted molar refractivity (Wildman–Crippen MR) is 92.7 cm³/mol. The predicted octanol–water partition coefficient (Wildman–Crippen LogP) is 3.23. The second-order valence-electron chi connectivity index (χ2n) is 6.02. The second kappa shape index (κ2) is 7.78. The van der Waals surface area contributed by atoms with E-state index in [0.29, 0.717) is 5.56 Å². The number of hydrogen-bond acceptors (Lipinski definition) is 5. The first-order valence-corrected chi connectivity index (χ1v) is 10.1. The Kier molecular flexibility index (Phi) is 6.16. The minimum Gasteiger partial charge on any atom is -0.494 e. The Bertz CT molecular complexity index is 775. The van der Waals surface area contributed by atoms with Crippen molar-refractivity contribution in [1.82, 2.24) is 4.72 Å². The van der Waals surface area contributed by atoms with Crippen molar-refractivity contribution in [3.63, 3.8) is 0 Å². The first-order chi connectivity index (χ1) is 11.7. The van der Waals surface area contributed by atoms with Gasteiger partial charge >= 0.3 is 0 Å². The van der Waals surface area contributed by atoms with Crippen LogP contribution in [0.1, 0.15) is 53.9 Å². The molecule has 1 aliphatic rings. The molecule has 9 heteroatoms. The van der Waals surface area contributed by atoms with Gasteiger partial charge in [0.1, 0.15) is 5.56 Å². The molecule has 1 aromatic rings. The van der Waals surface area contributed by atoms with Crippen LogP contribution in [0.4, 0.5) is 4.39 Å². The molecule has 1 saturated carbocycles. The van der Waals surface area contributed by atoms with E-state index in [0.717, 1.165) is 38.4 Å². The van der Waals surface area contributed by atoms with Gasteiger partial charge in [0.2, 0.25) is 10.0 Å². The number of amides is 1. The summed E-state index contributed by atoms with van der Waals surface area (Å²) >= 11 is 6.42. The maximum absolute atomic E-state index is 15.0. The van der Waals surface area contributed by atoms with Crippen molar-refractivity contribution in [2.24, 2.45) is 0 Å². The number of nitrogens with one attached hydrogen (secondary N) is 1. The maximum Gasteiger partial charge on any atom is 0.271 e. The number of carbonyl (C=O) groups excluding carboxylic acids is 1. The fraction of sp³-hybridized carbons (Fsp3) is 0.562. The summed E-state index contributed by atoms with van der Waals surface area (Å²) in [6, 6.07) is 0. The summed E-state index contributed by atoms with van der Waals surface area (Å²) in [6.07, 6.45) is 5.53. The first kappa shape index (κ1) is 19.8. The van der Waals surface area contributed by atoms with Crippen LogP contribution in [0, 0.1) is 5.82 Å².